The Labute approximate surface area is 112 Å². The van der Waals surface area contributed by atoms with Crippen LogP contribution in [0, 0.1) is 6.92 Å². The number of hydrogen-bond acceptors (Lipinski definition) is 2. The number of rotatable bonds is 4. The molecule has 0 saturated carbocycles. The van der Waals surface area contributed by atoms with Gasteiger partial charge < -0.3 is 0 Å². The summed E-state index contributed by atoms with van der Waals surface area (Å²) in [6, 6.07) is 7.03. The van der Waals surface area contributed by atoms with Gasteiger partial charge in [0, 0.05) is 17.9 Å². The monoisotopic (exact) mass is 319 g/mol. The topological polar surface area (TPSA) is 37.4 Å². The molecule has 0 fully saturated rings. The predicted molar refractivity (Wildman–Crippen MR) is 74.0 cm³/mol. The van der Waals surface area contributed by atoms with Gasteiger partial charge >= 0.3 is 0 Å². The van der Waals surface area contributed by atoms with Gasteiger partial charge in [-0.2, -0.15) is 4.31 Å². The molecule has 1 rings (SSSR count). The molecule has 0 atom stereocenters. The highest BCUT2D eigenvalue weighted by molar-refractivity contribution is 9.09. The maximum Gasteiger partial charge on any atom is 0.243 e. The molecule has 0 amide bonds. The van der Waals surface area contributed by atoms with Crippen LogP contribution < -0.4 is 0 Å². The summed E-state index contributed by atoms with van der Waals surface area (Å²) in [5.74, 6) is 0. The zero-order chi connectivity index (χ0) is 13.3. The molecule has 0 radical (unpaired) electrons. The van der Waals surface area contributed by atoms with Crippen molar-refractivity contribution in [2.24, 2.45) is 0 Å². The summed E-state index contributed by atoms with van der Waals surface area (Å²) in [5, 5.41) is 0.585. The maximum atomic E-state index is 12.5. The number of nitrogens with zero attached hydrogens (tertiary/aromatic N) is 1. The van der Waals surface area contributed by atoms with Crippen molar-refractivity contribution in [3.63, 3.8) is 0 Å². The lowest BCUT2D eigenvalue weighted by atomic mass is 10.1. The summed E-state index contributed by atoms with van der Waals surface area (Å²) in [7, 11) is -1.82. The standard InChI is InChI=1S/C12H18BrNO2S/c1-10-7-5-6-8-11(10)17(15,16)14(4)12(2,3)9-13/h5-8H,9H2,1-4H3. The minimum Gasteiger partial charge on any atom is -0.207 e. The molecule has 0 unspecified atom stereocenters. The van der Waals surface area contributed by atoms with Crippen LogP contribution in [0.4, 0.5) is 0 Å². The molecule has 3 nitrogen and oxygen atoms in total. The van der Waals surface area contributed by atoms with E-state index in [0.29, 0.717) is 10.2 Å². The Balaban J connectivity index is 3.26. The fourth-order valence-corrected chi connectivity index (χ4v) is 3.68. The van der Waals surface area contributed by atoms with Gasteiger partial charge in [0.2, 0.25) is 10.0 Å². The van der Waals surface area contributed by atoms with Crippen molar-refractivity contribution in [2.75, 3.05) is 12.4 Å². The van der Waals surface area contributed by atoms with Crippen LogP contribution in [0.3, 0.4) is 0 Å². The van der Waals surface area contributed by atoms with Gasteiger partial charge in [0.25, 0.3) is 0 Å². The lowest BCUT2D eigenvalue weighted by molar-refractivity contribution is 0.299. The van der Waals surface area contributed by atoms with Crippen molar-refractivity contribution in [2.45, 2.75) is 31.2 Å². The Morgan fingerprint density at radius 3 is 2.29 bits per heavy atom. The van der Waals surface area contributed by atoms with Crippen molar-refractivity contribution >= 4 is 26.0 Å². The number of halogens is 1. The summed E-state index contributed by atoms with van der Waals surface area (Å²) >= 11 is 3.35. The second-order valence-electron chi connectivity index (χ2n) is 4.68. The molecular weight excluding hydrogens is 302 g/mol. The van der Waals surface area contributed by atoms with Crippen LogP contribution in [0.25, 0.3) is 0 Å². The summed E-state index contributed by atoms with van der Waals surface area (Å²) in [6.07, 6.45) is 0. The smallest absolute Gasteiger partial charge is 0.207 e. The highest BCUT2D eigenvalue weighted by Gasteiger charge is 2.33. The molecule has 0 aromatic heterocycles. The first-order chi connectivity index (χ1) is 7.73. The van der Waals surface area contributed by atoms with E-state index >= 15 is 0 Å². The van der Waals surface area contributed by atoms with Gasteiger partial charge in [0.05, 0.1) is 4.90 Å². The normalized spacial score (nSPS) is 13.1. The average molecular weight is 320 g/mol. The third kappa shape index (κ3) is 2.89. The Hall–Kier alpha value is -0.390. The SMILES string of the molecule is Cc1ccccc1S(=O)(=O)N(C)C(C)(C)CBr. The second kappa shape index (κ2) is 5.08. The fraction of sp³-hybridized carbons (Fsp3) is 0.500. The molecule has 0 saturated heterocycles. The largest absolute Gasteiger partial charge is 0.243 e. The van der Waals surface area contributed by atoms with Crippen molar-refractivity contribution in [3.8, 4) is 0 Å². The molecule has 17 heavy (non-hydrogen) atoms. The minimum absolute atomic E-state index is 0.372. The molecule has 96 valence electrons. The Morgan fingerprint density at radius 1 is 1.29 bits per heavy atom. The molecule has 1 aromatic rings. The van der Waals surface area contributed by atoms with Crippen molar-refractivity contribution in [1.29, 1.82) is 0 Å². The van der Waals surface area contributed by atoms with Crippen molar-refractivity contribution < 1.29 is 8.42 Å². The third-order valence-corrected chi connectivity index (χ3v) is 6.51. The summed E-state index contributed by atoms with van der Waals surface area (Å²) < 4.78 is 26.3. The van der Waals surface area contributed by atoms with E-state index < -0.39 is 15.6 Å². The minimum atomic E-state index is -3.44. The maximum absolute atomic E-state index is 12.5. The van der Waals surface area contributed by atoms with E-state index in [1.165, 1.54) is 4.31 Å². The highest BCUT2D eigenvalue weighted by Crippen LogP contribution is 2.25. The molecule has 0 bridgehead atoms. The summed E-state index contributed by atoms with van der Waals surface area (Å²) in [5.41, 5.74) is 0.311. The third-order valence-electron chi connectivity index (χ3n) is 2.91. The van der Waals surface area contributed by atoms with Crippen molar-refractivity contribution in [1.82, 2.24) is 4.31 Å². The zero-order valence-corrected chi connectivity index (χ0v) is 13.0. The number of sulfonamides is 1. The first-order valence-electron chi connectivity index (χ1n) is 5.34. The number of hydrogen-bond donors (Lipinski definition) is 0. The van der Waals surface area contributed by atoms with Crippen LogP contribution in [0.2, 0.25) is 0 Å². The number of benzene rings is 1. The van der Waals surface area contributed by atoms with E-state index in [1.54, 1.807) is 19.2 Å². The second-order valence-corrected chi connectivity index (χ2v) is 7.18. The van der Waals surface area contributed by atoms with Crippen LogP contribution in [-0.4, -0.2) is 30.6 Å². The van der Waals surface area contributed by atoms with E-state index in [0.717, 1.165) is 5.56 Å². The van der Waals surface area contributed by atoms with Crippen molar-refractivity contribution in [3.05, 3.63) is 29.8 Å². The molecule has 5 heteroatoms. The molecular formula is C12H18BrNO2S. The average Bonchev–Trinajstić information content (AvgIpc) is 2.28. The molecule has 1 aromatic carbocycles. The molecule has 0 spiro atoms. The van der Waals surface area contributed by atoms with Gasteiger partial charge in [-0.15, -0.1) is 0 Å². The number of alkyl halides is 1. The predicted octanol–water partition coefficient (Wildman–Crippen LogP) is 2.79. The quantitative estimate of drug-likeness (QED) is 0.800. The van der Waals surface area contributed by atoms with Crippen LogP contribution in [0.1, 0.15) is 19.4 Å². The van der Waals surface area contributed by atoms with E-state index in [2.05, 4.69) is 15.9 Å². The van der Waals surface area contributed by atoms with Gasteiger partial charge in [-0.1, -0.05) is 34.1 Å². The molecule has 0 heterocycles. The molecule has 0 aliphatic carbocycles. The first-order valence-corrected chi connectivity index (χ1v) is 7.90. The van der Waals surface area contributed by atoms with E-state index in [1.807, 2.05) is 32.9 Å². The lowest BCUT2D eigenvalue weighted by Crippen LogP contribution is -2.46. The number of aryl methyl sites for hydroxylation is 1. The van der Waals surface area contributed by atoms with Crippen LogP contribution in [0.5, 0.6) is 0 Å². The molecule has 0 N–H and O–H groups in total. The van der Waals surface area contributed by atoms with Gasteiger partial charge in [0.1, 0.15) is 0 Å². The molecule has 0 aliphatic rings. The first kappa shape index (κ1) is 14.7. The Morgan fingerprint density at radius 2 is 1.82 bits per heavy atom. The van der Waals surface area contributed by atoms with Crippen LogP contribution in [0.15, 0.2) is 29.2 Å². The van der Waals surface area contributed by atoms with Gasteiger partial charge in [-0.05, 0) is 32.4 Å². The van der Waals surface area contributed by atoms with Gasteiger partial charge in [-0.3, -0.25) is 0 Å². The van der Waals surface area contributed by atoms with E-state index in [-0.39, 0.29) is 0 Å². The zero-order valence-electron chi connectivity index (χ0n) is 10.6. The van der Waals surface area contributed by atoms with E-state index in [9.17, 15) is 8.42 Å². The van der Waals surface area contributed by atoms with Crippen LogP contribution >= 0.6 is 15.9 Å². The van der Waals surface area contributed by atoms with Gasteiger partial charge in [-0.25, -0.2) is 8.42 Å². The Bertz CT molecular complexity index is 497. The fourth-order valence-electron chi connectivity index (χ4n) is 1.40. The summed E-state index contributed by atoms with van der Waals surface area (Å²) in [4.78, 5) is 0.372. The summed E-state index contributed by atoms with van der Waals surface area (Å²) in [6.45, 7) is 5.58. The van der Waals surface area contributed by atoms with E-state index in [4.69, 9.17) is 0 Å². The lowest BCUT2D eigenvalue weighted by Gasteiger charge is -2.33. The van der Waals surface area contributed by atoms with Gasteiger partial charge in [0.15, 0.2) is 0 Å². The van der Waals surface area contributed by atoms with Crippen LogP contribution in [-0.2, 0) is 10.0 Å². The molecule has 0 aliphatic heterocycles. The Kier molecular flexibility index (Phi) is 4.38. The highest BCUT2D eigenvalue weighted by atomic mass is 79.9.